The molecular weight excluding hydrogens is 258 g/mol. The highest BCUT2D eigenvalue weighted by Gasteiger charge is 2.19. The van der Waals surface area contributed by atoms with Crippen LogP contribution in [0.1, 0.15) is 18.4 Å². The molecule has 0 radical (unpaired) electrons. The second kappa shape index (κ2) is 5.95. The quantitative estimate of drug-likeness (QED) is 0.803. The Labute approximate surface area is 111 Å². The molecule has 5 heteroatoms. The average Bonchev–Trinajstić information content (AvgIpc) is 3.10. The van der Waals surface area contributed by atoms with Crippen LogP contribution in [0.25, 0.3) is 0 Å². The third-order valence-corrected chi connectivity index (χ3v) is 3.32. The summed E-state index contributed by atoms with van der Waals surface area (Å²) in [6.45, 7) is 2.06. The molecule has 0 unspecified atom stereocenters. The van der Waals surface area contributed by atoms with E-state index in [-0.39, 0.29) is 5.02 Å². The minimum atomic E-state index is -0.572. The summed E-state index contributed by atoms with van der Waals surface area (Å²) in [5.74, 6) is -1.03. The molecule has 1 aliphatic carbocycles. The van der Waals surface area contributed by atoms with Crippen molar-refractivity contribution in [3.63, 3.8) is 0 Å². The third kappa shape index (κ3) is 3.90. The molecule has 100 valence electrons. The van der Waals surface area contributed by atoms with Crippen LogP contribution in [-0.2, 0) is 6.54 Å². The zero-order valence-corrected chi connectivity index (χ0v) is 11.1. The second-order valence-electron chi connectivity index (χ2n) is 4.82. The van der Waals surface area contributed by atoms with Gasteiger partial charge in [0.1, 0.15) is 11.6 Å². The molecule has 0 heterocycles. The highest BCUT2D eigenvalue weighted by molar-refractivity contribution is 6.30. The molecule has 1 fully saturated rings. The smallest absolute Gasteiger partial charge is 0.142 e. The van der Waals surface area contributed by atoms with Crippen molar-refractivity contribution >= 4 is 11.6 Å². The molecule has 0 saturated heterocycles. The predicted octanol–water partition coefficient (Wildman–Crippen LogP) is 2.80. The molecule has 1 N–H and O–H groups in total. The van der Waals surface area contributed by atoms with E-state index in [4.69, 9.17) is 11.6 Å². The van der Waals surface area contributed by atoms with Gasteiger partial charge in [0.2, 0.25) is 0 Å². The van der Waals surface area contributed by atoms with Crippen molar-refractivity contribution in [2.75, 3.05) is 20.1 Å². The molecule has 1 aromatic carbocycles. The Bertz CT molecular complexity index is 422. The van der Waals surface area contributed by atoms with E-state index in [1.54, 1.807) is 0 Å². The molecule has 1 aliphatic rings. The second-order valence-corrected chi connectivity index (χ2v) is 5.23. The van der Waals surface area contributed by atoms with Crippen molar-refractivity contribution in [1.82, 2.24) is 10.2 Å². The summed E-state index contributed by atoms with van der Waals surface area (Å²) in [5.41, 5.74) is 0.339. The number of halogens is 3. The zero-order valence-electron chi connectivity index (χ0n) is 10.3. The molecule has 1 aromatic rings. The number of hydrogen-bond acceptors (Lipinski definition) is 2. The van der Waals surface area contributed by atoms with E-state index in [1.165, 1.54) is 18.9 Å². The van der Waals surface area contributed by atoms with Gasteiger partial charge in [-0.1, -0.05) is 11.6 Å². The molecule has 18 heavy (non-hydrogen) atoms. The first-order valence-electron chi connectivity index (χ1n) is 6.11. The third-order valence-electron chi connectivity index (χ3n) is 3.03. The van der Waals surface area contributed by atoms with Crippen LogP contribution in [0.2, 0.25) is 5.02 Å². The molecule has 0 bridgehead atoms. The van der Waals surface area contributed by atoms with Gasteiger partial charge in [0.05, 0.1) is 5.02 Å². The zero-order chi connectivity index (χ0) is 13.1. The summed E-state index contributed by atoms with van der Waals surface area (Å²) in [7, 11) is 1.89. The van der Waals surface area contributed by atoms with E-state index in [2.05, 4.69) is 5.32 Å². The van der Waals surface area contributed by atoms with Gasteiger partial charge in [-0.25, -0.2) is 8.78 Å². The van der Waals surface area contributed by atoms with Crippen molar-refractivity contribution < 1.29 is 8.78 Å². The van der Waals surface area contributed by atoms with Gasteiger partial charge in [-0.3, -0.25) is 0 Å². The van der Waals surface area contributed by atoms with Crippen molar-refractivity contribution in [3.8, 4) is 0 Å². The number of hydrogen-bond donors (Lipinski definition) is 1. The van der Waals surface area contributed by atoms with Gasteiger partial charge in [0.25, 0.3) is 0 Å². The minimum Gasteiger partial charge on any atom is -0.313 e. The summed E-state index contributed by atoms with van der Waals surface area (Å²) >= 11 is 5.51. The summed E-state index contributed by atoms with van der Waals surface area (Å²) in [6.07, 6.45) is 2.50. The lowest BCUT2D eigenvalue weighted by molar-refractivity contribution is 0.318. The number of nitrogens with one attached hydrogen (secondary N) is 1. The van der Waals surface area contributed by atoms with Gasteiger partial charge in [-0.05, 0) is 32.0 Å². The number of nitrogens with zero attached hydrogens (tertiary/aromatic N) is 1. The predicted molar refractivity (Wildman–Crippen MR) is 68.7 cm³/mol. The molecular formula is C13H17ClF2N2. The van der Waals surface area contributed by atoms with Crippen molar-refractivity contribution in [1.29, 1.82) is 0 Å². The summed E-state index contributed by atoms with van der Waals surface area (Å²) in [6, 6.07) is 2.87. The topological polar surface area (TPSA) is 15.3 Å². The van der Waals surface area contributed by atoms with Gasteiger partial charge in [0.15, 0.2) is 0 Å². The number of benzene rings is 1. The van der Waals surface area contributed by atoms with Crippen LogP contribution < -0.4 is 5.32 Å². The first-order valence-corrected chi connectivity index (χ1v) is 6.49. The maximum absolute atomic E-state index is 13.6. The summed E-state index contributed by atoms with van der Waals surface area (Å²) in [4.78, 5) is 1.96. The Hall–Kier alpha value is -0.710. The fourth-order valence-electron chi connectivity index (χ4n) is 1.80. The Kier molecular flexibility index (Phi) is 4.54. The van der Waals surface area contributed by atoms with E-state index < -0.39 is 11.6 Å². The molecule has 2 rings (SSSR count). The first-order chi connectivity index (χ1) is 8.56. The van der Waals surface area contributed by atoms with Crippen LogP contribution in [0.4, 0.5) is 8.78 Å². The molecule has 1 saturated carbocycles. The fraction of sp³-hybridized carbons (Fsp3) is 0.538. The van der Waals surface area contributed by atoms with Crippen LogP contribution in [0, 0.1) is 11.6 Å². The monoisotopic (exact) mass is 274 g/mol. The highest BCUT2D eigenvalue weighted by atomic mass is 35.5. The maximum atomic E-state index is 13.6. The van der Waals surface area contributed by atoms with Crippen molar-refractivity contribution in [2.24, 2.45) is 0 Å². The highest BCUT2D eigenvalue weighted by Crippen LogP contribution is 2.20. The van der Waals surface area contributed by atoms with Crippen LogP contribution >= 0.6 is 11.6 Å². The van der Waals surface area contributed by atoms with Gasteiger partial charge in [-0.15, -0.1) is 0 Å². The average molecular weight is 275 g/mol. The van der Waals surface area contributed by atoms with E-state index in [0.717, 1.165) is 19.2 Å². The van der Waals surface area contributed by atoms with Crippen LogP contribution in [0.3, 0.4) is 0 Å². The van der Waals surface area contributed by atoms with E-state index in [1.807, 2.05) is 11.9 Å². The van der Waals surface area contributed by atoms with Crippen LogP contribution in [-0.4, -0.2) is 31.1 Å². The van der Waals surface area contributed by atoms with Gasteiger partial charge >= 0.3 is 0 Å². The lowest BCUT2D eigenvalue weighted by atomic mass is 10.2. The largest absolute Gasteiger partial charge is 0.313 e. The van der Waals surface area contributed by atoms with Gasteiger partial charge in [-0.2, -0.15) is 0 Å². The standard InChI is InChI=1S/C13H17ClF2N2/c1-18(5-4-17-10-2-3-10)8-9-6-13(16)11(14)7-12(9)15/h6-7,10,17H,2-5,8H2,1H3. The lowest BCUT2D eigenvalue weighted by Crippen LogP contribution is -2.30. The molecule has 0 atom stereocenters. The Morgan fingerprint density at radius 2 is 2.06 bits per heavy atom. The number of likely N-dealkylation sites (N-methyl/N-ethyl adjacent to an activating group) is 1. The van der Waals surface area contributed by atoms with Crippen molar-refractivity contribution in [2.45, 2.75) is 25.4 Å². The van der Waals surface area contributed by atoms with E-state index in [9.17, 15) is 8.78 Å². The fourth-order valence-corrected chi connectivity index (χ4v) is 1.95. The lowest BCUT2D eigenvalue weighted by Gasteiger charge is -2.17. The van der Waals surface area contributed by atoms with E-state index in [0.29, 0.717) is 18.2 Å². The van der Waals surface area contributed by atoms with E-state index >= 15 is 0 Å². The molecule has 0 aromatic heterocycles. The summed E-state index contributed by atoms with van der Waals surface area (Å²) < 4.78 is 26.8. The van der Waals surface area contributed by atoms with Gasteiger partial charge < -0.3 is 10.2 Å². The summed E-state index contributed by atoms with van der Waals surface area (Å²) in [5, 5.41) is 3.21. The minimum absolute atomic E-state index is 0.172. The Balaban J connectivity index is 1.85. The van der Waals surface area contributed by atoms with Gasteiger partial charge in [0, 0.05) is 31.2 Å². The van der Waals surface area contributed by atoms with Crippen LogP contribution in [0.5, 0.6) is 0 Å². The number of rotatable bonds is 6. The Morgan fingerprint density at radius 3 is 2.72 bits per heavy atom. The van der Waals surface area contributed by atoms with Crippen molar-refractivity contribution in [3.05, 3.63) is 34.4 Å². The molecule has 0 amide bonds. The normalized spacial score (nSPS) is 15.4. The molecule has 0 spiro atoms. The maximum Gasteiger partial charge on any atom is 0.142 e. The molecule has 2 nitrogen and oxygen atoms in total. The van der Waals surface area contributed by atoms with Crippen LogP contribution in [0.15, 0.2) is 12.1 Å². The molecule has 0 aliphatic heterocycles. The first kappa shape index (κ1) is 13.7. The Morgan fingerprint density at radius 1 is 1.33 bits per heavy atom. The SMILES string of the molecule is CN(CCNC1CC1)Cc1cc(F)c(Cl)cc1F.